The molecule has 2 fully saturated rings. The van der Waals surface area contributed by atoms with E-state index < -0.39 is 17.1 Å². The number of ether oxygens (including phenoxy) is 2. The molecular weight excluding hydrogens is 444 g/mol. The maximum absolute atomic E-state index is 13.0. The fourth-order valence-corrected chi connectivity index (χ4v) is 6.22. The second kappa shape index (κ2) is 12.2. The van der Waals surface area contributed by atoms with Crippen LogP contribution in [0, 0.1) is 17.3 Å². The lowest BCUT2D eigenvalue weighted by Gasteiger charge is -2.51. The van der Waals surface area contributed by atoms with Crippen LogP contribution >= 0.6 is 0 Å². The van der Waals surface area contributed by atoms with Crippen molar-refractivity contribution in [3.8, 4) is 5.75 Å². The van der Waals surface area contributed by atoms with Crippen LogP contribution in [0.15, 0.2) is 30.3 Å². The molecule has 1 aromatic carbocycles. The zero-order chi connectivity index (χ0) is 25.5. The summed E-state index contributed by atoms with van der Waals surface area (Å²) in [6.07, 6.45) is 6.80. The first-order chi connectivity index (χ1) is 16.6. The summed E-state index contributed by atoms with van der Waals surface area (Å²) in [6.45, 7) is 4.81. The van der Waals surface area contributed by atoms with Crippen LogP contribution in [0.2, 0.25) is 0 Å². The number of aliphatic hydroxyl groups is 1. The molecule has 0 spiro atoms. The van der Waals surface area contributed by atoms with Crippen molar-refractivity contribution >= 4 is 12.1 Å². The van der Waals surface area contributed by atoms with Crippen molar-refractivity contribution in [2.24, 2.45) is 17.3 Å². The van der Waals surface area contributed by atoms with Crippen LogP contribution in [-0.4, -0.2) is 61.0 Å². The number of carbonyl (C=O) groups is 2. The van der Waals surface area contributed by atoms with Gasteiger partial charge in [-0.05, 0) is 83.5 Å². The summed E-state index contributed by atoms with van der Waals surface area (Å²) in [7, 11) is 4.12. The first-order valence-electron chi connectivity index (χ1n) is 13.2. The van der Waals surface area contributed by atoms with E-state index in [0.717, 1.165) is 51.5 Å². The number of nitrogens with one attached hydrogen (secondary N) is 1. The van der Waals surface area contributed by atoms with Crippen LogP contribution in [0.3, 0.4) is 0 Å². The first kappa shape index (κ1) is 27.5. The molecule has 2 N–H and O–H groups in total. The number of rotatable bonds is 9. The van der Waals surface area contributed by atoms with E-state index in [2.05, 4.69) is 24.3 Å². The van der Waals surface area contributed by atoms with Gasteiger partial charge in [-0.15, -0.1) is 0 Å². The molecule has 3 rings (SSSR count). The van der Waals surface area contributed by atoms with Gasteiger partial charge in [0.2, 0.25) is 0 Å². The Morgan fingerprint density at radius 3 is 2.54 bits per heavy atom. The Labute approximate surface area is 210 Å². The number of hydrogen-bond acceptors (Lipinski definition) is 6. The normalized spacial score (nSPS) is 29.1. The molecule has 0 saturated heterocycles. The molecule has 35 heavy (non-hydrogen) atoms. The molecule has 7 heteroatoms. The molecule has 0 heterocycles. The molecule has 0 radical (unpaired) electrons. The van der Waals surface area contributed by atoms with Crippen molar-refractivity contribution in [2.45, 2.75) is 83.3 Å². The highest BCUT2D eigenvalue weighted by Crippen LogP contribution is 2.51. The minimum absolute atomic E-state index is 0.0777. The lowest BCUT2D eigenvalue weighted by molar-refractivity contribution is -0.143. The Hall–Kier alpha value is -2.12. The summed E-state index contributed by atoms with van der Waals surface area (Å²) in [5.74, 6) is 0.497. The number of benzene rings is 1. The van der Waals surface area contributed by atoms with Crippen LogP contribution in [0.1, 0.15) is 71.6 Å². The van der Waals surface area contributed by atoms with Crippen LogP contribution in [0.25, 0.3) is 0 Å². The largest absolute Gasteiger partial charge is 0.447 e. The highest BCUT2D eigenvalue weighted by Gasteiger charge is 2.50. The van der Waals surface area contributed by atoms with Gasteiger partial charge in [0.1, 0.15) is 5.75 Å². The van der Waals surface area contributed by atoms with Gasteiger partial charge in [-0.2, -0.15) is 0 Å². The minimum atomic E-state index is -0.754. The van der Waals surface area contributed by atoms with Gasteiger partial charge < -0.3 is 24.8 Å². The number of nitrogens with zero attached hydrogens (tertiary/aromatic N) is 1. The zero-order valence-corrected chi connectivity index (χ0v) is 21.9. The van der Waals surface area contributed by atoms with Gasteiger partial charge in [-0.1, -0.05) is 37.5 Å². The molecular formula is C28H44N2O5. The molecule has 0 aromatic heterocycles. The molecule has 1 amide bonds. The highest BCUT2D eigenvalue weighted by atomic mass is 16.6. The van der Waals surface area contributed by atoms with E-state index in [9.17, 15) is 14.7 Å². The third kappa shape index (κ3) is 7.68. The summed E-state index contributed by atoms with van der Waals surface area (Å²) in [5, 5.41) is 15.0. The molecule has 4 atom stereocenters. The number of esters is 1. The van der Waals surface area contributed by atoms with Gasteiger partial charge in [0.25, 0.3) is 0 Å². The molecule has 196 valence electrons. The van der Waals surface area contributed by atoms with Crippen molar-refractivity contribution < 1.29 is 24.2 Å². The average molecular weight is 489 g/mol. The van der Waals surface area contributed by atoms with Gasteiger partial charge in [-0.25, -0.2) is 4.79 Å². The van der Waals surface area contributed by atoms with E-state index >= 15 is 0 Å². The number of amides is 1. The standard InChI is InChI=1S/C28H44N2O5/c1-21(2)34-26(32)29-20-27(18-25(31)35-24-13-6-5-7-14-24)15-10-12-22(17-27)28(33)16-9-8-11-23(28)19-30(3)4/h5-7,13-14,21-23,33H,8-12,15-20H2,1-4H3,(H,29,32). The van der Waals surface area contributed by atoms with Crippen molar-refractivity contribution in [1.82, 2.24) is 10.2 Å². The summed E-state index contributed by atoms with van der Waals surface area (Å²) < 4.78 is 10.9. The molecule has 2 aliphatic carbocycles. The number of para-hydroxylation sites is 1. The predicted molar refractivity (Wildman–Crippen MR) is 136 cm³/mol. The SMILES string of the molecule is CC(C)OC(=O)NCC1(CC(=O)Oc2ccccc2)CCCC(C2(O)CCCCC2CN(C)C)C1. The van der Waals surface area contributed by atoms with E-state index in [1.54, 1.807) is 12.1 Å². The zero-order valence-electron chi connectivity index (χ0n) is 21.9. The van der Waals surface area contributed by atoms with Crippen molar-refractivity contribution in [3.05, 3.63) is 30.3 Å². The summed E-state index contributed by atoms with van der Waals surface area (Å²) in [6, 6.07) is 9.08. The Balaban J connectivity index is 1.79. The van der Waals surface area contributed by atoms with Gasteiger partial charge in [0.05, 0.1) is 18.1 Å². The Kier molecular flexibility index (Phi) is 9.59. The molecule has 7 nitrogen and oxygen atoms in total. The lowest BCUT2D eigenvalue weighted by Crippen LogP contribution is -2.54. The second-order valence-electron chi connectivity index (χ2n) is 11.3. The average Bonchev–Trinajstić information content (AvgIpc) is 2.79. The maximum Gasteiger partial charge on any atom is 0.407 e. The summed E-state index contributed by atoms with van der Waals surface area (Å²) in [5.41, 5.74) is -1.24. The van der Waals surface area contributed by atoms with E-state index in [0.29, 0.717) is 18.7 Å². The van der Waals surface area contributed by atoms with Crippen molar-refractivity contribution in [2.75, 3.05) is 27.2 Å². The van der Waals surface area contributed by atoms with E-state index in [1.165, 1.54) is 0 Å². The maximum atomic E-state index is 13.0. The quantitative estimate of drug-likeness (QED) is 0.384. The predicted octanol–water partition coefficient (Wildman–Crippen LogP) is 4.78. The van der Waals surface area contributed by atoms with Crippen LogP contribution in [0.5, 0.6) is 5.75 Å². The van der Waals surface area contributed by atoms with Gasteiger partial charge >= 0.3 is 12.1 Å². The Morgan fingerprint density at radius 1 is 1.11 bits per heavy atom. The van der Waals surface area contributed by atoms with Gasteiger partial charge in [0, 0.05) is 19.0 Å². The van der Waals surface area contributed by atoms with Crippen LogP contribution in [0.4, 0.5) is 4.79 Å². The van der Waals surface area contributed by atoms with E-state index in [4.69, 9.17) is 9.47 Å². The third-order valence-corrected chi connectivity index (χ3v) is 7.76. The summed E-state index contributed by atoms with van der Waals surface area (Å²) >= 11 is 0. The van der Waals surface area contributed by atoms with Crippen molar-refractivity contribution in [3.63, 3.8) is 0 Å². The number of hydrogen-bond donors (Lipinski definition) is 2. The first-order valence-corrected chi connectivity index (χ1v) is 13.2. The monoisotopic (exact) mass is 488 g/mol. The molecule has 2 aliphatic rings. The summed E-state index contributed by atoms with van der Waals surface area (Å²) in [4.78, 5) is 27.5. The second-order valence-corrected chi connectivity index (χ2v) is 11.3. The Morgan fingerprint density at radius 2 is 1.86 bits per heavy atom. The van der Waals surface area contributed by atoms with E-state index in [1.807, 2.05) is 32.0 Å². The minimum Gasteiger partial charge on any atom is -0.447 e. The van der Waals surface area contributed by atoms with Gasteiger partial charge in [-0.3, -0.25) is 4.79 Å². The topological polar surface area (TPSA) is 88.1 Å². The van der Waals surface area contributed by atoms with Crippen LogP contribution in [-0.2, 0) is 9.53 Å². The molecule has 4 unspecified atom stereocenters. The molecule has 1 aromatic rings. The highest BCUT2D eigenvalue weighted by molar-refractivity contribution is 5.73. The smallest absolute Gasteiger partial charge is 0.407 e. The Bertz CT molecular complexity index is 830. The fourth-order valence-electron chi connectivity index (χ4n) is 6.22. The van der Waals surface area contributed by atoms with Crippen molar-refractivity contribution in [1.29, 1.82) is 0 Å². The fraction of sp³-hybridized carbons (Fsp3) is 0.714. The lowest BCUT2D eigenvalue weighted by atomic mass is 9.58. The number of alkyl carbamates (subject to hydrolysis) is 1. The van der Waals surface area contributed by atoms with Crippen LogP contribution < -0.4 is 10.1 Å². The molecule has 0 aliphatic heterocycles. The molecule has 0 bridgehead atoms. The van der Waals surface area contributed by atoms with Gasteiger partial charge in [0.15, 0.2) is 0 Å². The third-order valence-electron chi connectivity index (χ3n) is 7.76. The molecule has 2 saturated carbocycles. The number of carbonyl (C=O) groups excluding carboxylic acids is 2. The van der Waals surface area contributed by atoms with E-state index in [-0.39, 0.29) is 30.3 Å².